The summed E-state index contributed by atoms with van der Waals surface area (Å²) >= 11 is 1.27. The number of nitro benzene ring substituents is 1. The van der Waals surface area contributed by atoms with Crippen LogP contribution < -0.4 is 9.47 Å². The number of amidine groups is 1. The molecule has 0 unspecified atom stereocenters. The van der Waals surface area contributed by atoms with E-state index in [1.54, 1.807) is 12.1 Å². The van der Waals surface area contributed by atoms with E-state index in [2.05, 4.69) is 6.92 Å². The molecule has 1 saturated carbocycles. The molecule has 3 aromatic carbocycles. The molecule has 1 heterocycles. The molecule has 1 amide bonds. The van der Waals surface area contributed by atoms with Gasteiger partial charge in [0.15, 0.2) is 16.7 Å². The average molecular weight is 572 g/mol. The zero-order valence-electron chi connectivity index (χ0n) is 23.2. The van der Waals surface area contributed by atoms with Gasteiger partial charge in [0.1, 0.15) is 6.61 Å². The molecule has 0 aromatic heterocycles. The van der Waals surface area contributed by atoms with Crippen molar-refractivity contribution < 1.29 is 19.2 Å². The Balaban J connectivity index is 1.52. The lowest BCUT2D eigenvalue weighted by molar-refractivity contribution is -0.385. The smallest absolute Gasteiger partial charge is 0.280 e. The molecule has 3 aromatic rings. The van der Waals surface area contributed by atoms with Crippen molar-refractivity contribution >= 4 is 40.3 Å². The number of ether oxygens (including phenoxy) is 2. The number of nitro groups is 1. The van der Waals surface area contributed by atoms with Crippen molar-refractivity contribution in [2.24, 2.45) is 4.99 Å². The number of rotatable bonds is 9. The van der Waals surface area contributed by atoms with E-state index >= 15 is 0 Å². The summed E-state index contributed by atoms with van der Waals surface area (Å²) in [6.45, 7) is 2.31. The lowest BCUT2D eigenvalue weighted by Gasteiger charge is -2.30. The molecule has 2 aliphatic rings. The molecule has 2 fully saturated rings. The van der Waals surface area contributed by atoms with Gasteiger partial charge in [-0.3, -0.25) is 19.8 Å². The number of hydrogen-bond donors (Lipinski definition) is 0. The van der Waals surface area contributed by atoms with Crippen molar-refractivity contribution in [1.29, 1.82) is 0 Å². The Kier molecular flexibility index (Phi) is 9.04. The number of aryl methyl sites for hydroxylation is 1. The van der Waals surface area contributed by atoms with E-state index in [0.29, 0.717) is 15.8 Å². The second-order valence-electron chi connectivity index (χ2n) is 10.0. The molecule has 9 heteroatoms. The van der Waals surface area contributed by atoms with Gasteiger partial charge in [-0.2, -0.15) is 0 Å². The monoisotopic (exact) mass is 571 g/mol. The summed E-state index contributed by atoms with van der Waals surface area (Å²) in [4.78, 5) is 32.7. The number of para-hydroxylation sites is 1. The van der Waals surface area contributed by atoms with Crippen LogP contribution in [-0.4, -0.2) is 34.0 Å². The van der Waals surface area contributed by atoms with Crippen molar-refractivity contribution in [3.63, 3.8) is 0 Å². The van der Waals surface area contributed by atoms with Gasteiger partial charge < -0.3 is 9.47 Å². The van der Waals surface area contributed by atoms with E-state index in [4.69, 9.17) is 14.5 Å². The van der Waals surface area contributed by atoms with Crippen molar-refractivity contribution in [1.82, 2.24) is 4.90 Å². The van der Waals surface area contributed by atoms with Crippen molar-refractivity contribution in [3.05, 3.63) is 98.4 Å². The van der Waals surface area contributed by atoms with Crippen LogP contribution >= 0.6 is 11.8 Å². The van der Waals surface area contributed by atoms with Gasteiger partial charge in [-0.05, 0) is 60.4 Å². The Hall–Kier alpha value is -4.11. The standard InChI is InChI=1S/C32H33N3O5S/c1-3-23-14-10-11-17-26(23)33-32-34(25-15-8-5-9-16-25)31(36)30(41-32)19-24-18-28(39-2)29(20-27(24)35(37)38)40-21-22-12-6-4-7-13-22/h4,6-7,10-14,17-20,25H,3,5,8-9,15-16,21H2,1-2H3/b30-19+,33-32?. The number of nitrogens with zero attached hydrogens (tertiary/aromatic N) is 3. The van der Waals surface area contributed by atoms with Gasteiger partial charge in [0.2, 0.25) is 0 Å². The van der Waals surface area contributed by atoms with E-state index in [-0.39, 0.29) is 35.6 Å². The molecule has 0 bridgehead atoms. The molecule has 1 aliphatic carbocycles. The van der Waals surface area contributed by atoms with Crippen molar-refractivity contribution in [3.8, 4) is 11.5 Å². The lowest BCUT2D eigenvalue weighted by atomic mass is 9.94. The van der Waals surface area contributed by atoms with Crippen molar-refractivity contribution in [2.75, 3.05) is 7.11 Å². The molecule has 8 nitrogen and oxygen atoms in total. The topological polar surface area (TPSA) is 94.3 Å². The van der Waals surface area contributed by atoms with E-state index in [0.717, 1.165) is 55.3 Å². The third-order valence-corrected chi connectivity index (χ3v) is 8.38. The number of hydrogen-bond acceptors (Lipinski definition) is 7. The quantitative estimate of drug-likeness (QED) is 0.149. The van der Waals surface area contributed by atoms with E-state index in [9.17, 15) is 14.9 Å². The zero-order valence-corrected chi connectivity index (χ0v) is 24.1. The van der Waals surface area contributed by atoms with Gasteiger partial charge in [0, 0.05) is 6.04 Å². The Morgan fingerprint density at radius 1 is 1.05 bits per heavy atom. The fraction of sp³-hybridized carbons (Fsp3) is 0.312. The highest BCUT2D eigenvalue weighted by Crippen LogP contribution is 2.42. The largest absolute Gasteiger partial charge is 0.493 e. The van der Waals surface area contributed by atoms with Crippen LogP contribution in [0.3, 0.4) is 0 Å². The van der Waals surface area contributed by atoms with Crippen molar-refractivity contribution in [2.45, 2.75) is 58.1 Å². The Labute approximate surface area is 244 Å². The minimum absolute atomic E-state index is 0.0560. The first-order valence-electron chi connectivity index (χ1n) is 13.9. The Morgan fingerprint density at radius 2 is 1.78 bits per heavy atom. The minimum Gasteiger partial charge on any atom is -0.493 e. The van der Waals surface area contributed by atoms with Crippen LogP contribution in [0.2, 0.25) is 0 Å². The van der Waals surface area contributed by atoms with Gasteiger partial charge in [-0.1, -0.05) is 74.7 Å². The molecule has 0 N–H and O–H groups in total. The fourth-order valence-electron chi connectivity index (χ4n) is 5.24. The predicted octanol–water partition coefficient (Wildman–Crippen LogP) is 7.68. The number of methoxy groups -OCH3 is 1. The Morgan fingerprint density at radius 3 is 2.49 bits per heavy atom. The molecular weight excluding hydrogens is 538 g/mol. The molecule has 1 saturated heterocycles. The maximum Gasteiger partial charge on any atom is 0.280 e. The summed E-state index contributed by atoms with van der Waals surface area (Å²) in [5, 5.41) is 12.8. The van der Waals surface area contributed by atoms with Gasteiger partial charge in [-0.25, -0.2) is 4.99 Å². The maximum atomic E-state index is 13.9. The first kappa shape index (κ1) is 28.4. The predicted molar refractivity (Wildman–Crippen MR) is 163 cm³/mol. The van der Waals surface area contributed by atoms with Gasteiger partial charge >= 0.3 is 0 Å². The first-order chi connectivity index (χ1) is 20.0. The molecular formula is C32H33N3O5S. The molecule has 212 valence electrons. The molecule has 0 spiro atoms. The summed E-state index contributed by atoms with van der Waals surface area (Å²) < 4.78 is 11.4. The number of benzene rings is 3. The number of thioether (sulfide) groups is 1. The molecule has 5 rings (SSSR count). The summed E-state index contributed by atoms with van der Waals surface area (Å²) in [7, 11) is 1.49. The second-order valence-corrected chi connectivity index (χ2v) is 11.1. The lowest BCUT2D eigenvalue weighted by Crippen LogP contribution is -2.40. The van der Waals surface area contributed by atoms with Crippen LogP contribution in [0, 0.1) is 10.1 Å². The van der Waals surface area contributed by atoms with Crippen LogP contribution in [0.1, 0.15) is 55.7 Å². The number of carbonyl (C=O) groups excluding carboxylic acids is 1. The molecule has 41 heavy (non-hydrogen) atoms. The number of carbonyl (C=O) groups is 1. The maximum absolute atomic E-state index is 13.9. The average Bonchev–Trinajstić information content (AvgIpc) is 3.30. The number of aliphatic imine (C=N–C) groups is 1. The molecule has 0 radical (unpaired) electrons. The zero-order chi connectivity index (χ0) is 28.8. The van der Waals surface area contributed by atoms with Crippen LogP contribution in [-0.2, 0) is 17.8 Å². The third kappa shape index (κ3) is 6.46. The van der Waals surface area contributed by atoms with Gasteiger partial charge in [0.25, 0.3) is 11.6 Å². The number of amides is 1. The van der Waals surface area contributed by atoms with Crippen LogP contribution in [0.25, 0.3) is 6.08 Å². The molecule has 0 atom stereocenters. The third-order valence-electron chi connectivity index (χ3n) is 7.40. The van der Waals surface area contributed by atoms with E-state index in [1.165, 1.54) is 24.9 Å². The highest BCUT2D eigenvalue weighted by atomic mass is 32.2. The fourth-order valence-corrected chi connectivity index (χ4v) is 6.28. The van der Waals surface area contributed by atoms with E-state index in [1.807, 2.05) is 59.5 Å². The molecule has 1 aliphatic heterocycles. The highest BCUT2D eigenvalue weighted by molar-refractivity contribution is 8.18. The second kappa shape index (κ2) is 13.0. The summed E-state index contributed by atoms with van der Waals surface area (Å²) in [5.41, 5.74) is 2.96. The van der Waals surface area contributed by atoms with Crippen LogP contribution in [0.15, 0.2) is 76.6 Å². The summed E-state index contributed by atoms with van der Waals surface area (Å²) in [6.07, 6.45) is 7.50. The van der Waals surface area contributed by atoms with Crippen LogP contribution in [0.5, 0.6) is 11.5 Å². The summed E-state index contributed by atoms with van der Waals surface area (Å²) in [5.74, 6) is 0.439. The summed E-state index contributed by atoms with van der Waals surface area (Å²) in [6, 6.07) is 20.5. The Bertz CT molecular complexity index is 1480. The van der Waals surface area contributed by atoms with E-state index < -0.39 is 4.92 Å². The van der Waals surface area contributed by atoms with Crippen LogP contribution in [0.4, 0.5) is 11.4 Å². The first-order valence-corrected chi connectivity index (χ1v) is 14.7. The normalized spacial score (nSPS) is 17.8. The highest BCUT2D eigenvalue weighted by Gasteiger charge is 2.39. The minimum atomic E-state index is -0.462. The SMILES string of the molecule is CCc1ccccc1N=C1S/C(=C/c2cc(OC)c(OCc3ccccc3)cc2[N+](=O)[O-])C(=O)N1C1CCCCC1. The van der Waals surface area contributed by atoms with Gasteiger partial charge in [0.05, 0.1) is 34.3 Å². The van der Waals surface area contributed by atoms with Gasteiger partial charge in [-0.15, -0.1) is 0 Å².